The predicted molar refractivity (Wildman–Crippen MR) is 73.6 cm³/mol. The molecule has 0 spiro atoms. The molecule has 0 unspecified atom stereocenters. The molecule has 0 saturated heterocycles. The summed E-state index contributed by atoms with van der Waals surface area (Å²) in [6.07, 6.45) is 0. The van der Waals surface area contributed by atoms with Gasteiger partial charge in [-0.1, -0.05) is 20.8 Å². The van der Waals surface area contributed by atoms with E-state index in [1.54, 1.807) is 0 Å². The molecule has 1 aromatic carbocycles. The van der Waals surface area contributed by atoms with Crippen molar-refractivity contribution in [1.29, 1.82) is 0 Å². The van der Waals surface area contributed by atoms with Crippen LogP contribution in [0.4, 0.5) is 11.4 Å². The molecule has 0 aliphatic rings. The molecule has 0 aliphatic heterocycles. The Kier molecular flexibility index (Phi) is 7.39. The van der Waals surface area contributed by atoms with Crippen LogP contribution in [0.15, 0.2) is 24.3 Å². The maximum atomic E-state index is 4.77. The first-order chi connectivity index (χ1) is 6.59. The molecule has 0 aromatic heterocycles. The van der Waals surface area contributed by atoms with Crippen LogP contribution in [0.1, 0.15) is 0 Å². The summed E-state index contributed by atoms with van der Waals surface area (Å²) in [5.74, 6) is 0. The van der Waals surface area contributed by atoms with E-state index < -0.39 is 0 Å². The fraction of sp³-hybridized carbons (Fsp3) is 0. The molecule has 0 heterocycles. The first-order valence-corrected chi connectivity index (χ1v) is 5.28. The van der Waals surface area contributed by atoms with Crippen molar-refractivity contribution in [2.75, 3.05) is 10.6 Å². The van der Waals surface area contributed by atoms with E-state index in [1.807, 2.05) is 24.3 Å². The van der Waals surface area contributed by atoms with Gasteiger partial charge >= 0.3 is 19.5 Å². The molecule has 0 saturated carbocycles. The van der Waals surface area contributed by atoms with Crippen LogP contribution in [0.3, 0.4) is 0 Å². The standard InChI is InChI=1S/C8H8N2S4.Zn/c11-7(12)9-5-3-1-2-4-6(5)10-8(13)14;/h1-4H,(H2,9,11,12)(H2,10,13,14);/q;+2/p-2. The SMILES string of the molecule is S=C([S-])Nc1ccccc1NC(=S)[S-].[Zn+2]. The maximum absolute atomic E-state index is 4.77. The quantitative estimate of drug-likeness (QED) is 0.491. The largest absolute Gasteiger partial charge is 2.00 e. The molecule has 0 aliphatic carbocycles. The van der Waals surface area contributed by atoms with Crippen LogP contribution in [-0.2, 0) is 44.7 Å². The molecule has 0 radical (unpaired) electrons. The Balaban J connectivity index is 0.00000196. The first-order valence-electron chi connectivity index (χ1n) is 3.64. The zero-order chi connectivity index (χ0) is 10.6. The number of thiocarbonyl (C=S) groups is 2. The summed E-state index contributed by atoms with van der Waals surface area (Å²) in [7, 11) is 0. The van der Waals surface area contributed by atoms with E-state index in [4.69, 9.17) is 49.7 Å². The molecule has 0 bridgehead atoms. The van der Waals surface area contributed by atoms with E-state index >= 15 is 0 Å². The van der Waals surface area contributed by atoms with Crippen LogP contribution < -0.4 is 10.6 Å². The fourth-order valence-electron chi connectivity index (χ4n) is 0.921. The number of hydrogen-bond acceptors (Lipinski definition) is 4. The third-order valence-corrected chi connectivity index (χ3v) is 1.81. The third-order valence-electron chi connectivity index (χ3n) is 1.40. The van der Waals surface area contributed by atoms with Crippen molar-refractivity contribution >= 4 is 69.7 Å². The normalized spacial score (nSPS) is 8.53. The minimum Gasteiger partial charge on any atom is -0.411 e. The molecule has 0 amide bonds. The minimum absolute atomic E-state index is 0. The van der Waals surface area contributed by atoms with E-state index in [0.717, 1.165) is 11.4 Å². The molecular formula is C8H6N2S4Zn. The van der Waals surface area contributed by atoms with Gasteiger partial charge in [-0.3, -0.25) is 0 Å². The van der Waals surface area contributed by atoms with Gasteiger partial charge in [-0.2, -0.15) is 0 Å². The van der Waals surface area contributed by atoms with Crippen molar-refractivity contribution in [3.05, 3.63) is 24.3 Å². The summed E-state index contributed by atoms with van der Waals surface area (Å²) in [6, 6.07) is 7.42. The summed E-state index contributed by atoms with van der Waals surface area (Å²) in [4.78, 5) is 0. The molecule has 1 aromatic rings. The Morgan fingerprint density at radius 3 is 1.53 bits per heavy atom. The van der Waals surface area contributed by atoms with Crippen LogP contribution >= 0.6 is 24.4 Å². The van der Waals surface area contributed by atoms with E-state index in [1.165, 1.54) is 0 Å². The molecule has 2 N–H and O–H groups in total. The second kappa shape index (κ2) is 7.36. The van der Waals surface area contributed by atoms with Crippen molar-refractivity contribution in [1.82, 2.24) is 0 Å². The first kappa shape index (κ1) is 15.1. The Bertz CT molecular complexity index is 334. The van der Waals surface area contributed by atoms with E-state index in [9.17, 15) is 0 Å². The van der Waals surface area contributed by atoms with Gasteiger partial charge in [-0.15, -0.1) is 0 Å². The maximum Gasteiger partial charge on any atom is 2.00 e. The fourth-order valence-corrected chi connectivity index (χ4v) is 1.36. The number of benzene rings is 1. The van der Waals surface area contributed by atoms with E-state index in [0.29, 0.717) is 0 Å². The van der Waals surface area contributed by atoms with Crippen LogP contribution in [-0.4, -0.2) is 8.64 Å². The van der Waals surface area contributed by atoms with Gasteiger partial charge in [0, 0.05) is 0 Å². The third kappa shape index (κ3) is 5.63. The molecule has 74 valence electrons. The molecule has 0 atom stereocenters. The number of rotatable bonds is 2. The van der Waals surface area contributed by atoms with Crippen LogP contribution in [0.5, 0.6) is 0 Å². The van der Waals surface area contributed by atoms with Gasteiger partial charge in [0.1, 0.15) is 0 Å². The smallest absolute Gasteiger partial charge is 0.411 e. The van der Waals surface area contributed by atoms with Gasteiger partial charge in [0.15, 0.2) is 0 Å². The summed E-state index contributed by atoms with van der Waals surface area (Å²) in [5, 5.41) is 5.71. The minimum atomic E-state index is 0. The molecule has 0 fully saturated rings. The summed E-state index contributed by atoms with van der Waals surface area (Å²) in [5.41, 5.74) is 1.56. The van der Waals surface area contributed by atoms with E-state index in [2.05, 4.69) is 10.6 Å². The predicted octanol–water partition coefficient (Wildman–Crippen LogP) is 2.17. The number of para-hydroxylation sites is 2. The van der Waals surface area contributed by atoms with Crippen molar-refractivity contribution in [3.63, 3.8) is 0 Å². The molecule has 2 nitrogen and oxygen atoms in total. The summed E-state index contributed by atoms with van der Waals surface area (Å²) < 4.78 is 0.573. The van der Waals surface area contributed by atoms with Gasteiger partial charge < -0.3 is 60.3 Å². The second-order valence-corrected chi connectivity index (χ2v) is 4.52. The van der Waals surface area contributed by atoms with Crippen molar-refractivity contribution in [2.45, 2.75) is 0 Å². The number of nitrogens with one attached hydrogen (secondary N) is 2. The Morgan fingerprint density at radius 1 is 0.933 bits per heavy atom. The van der Waals surface area contributed by atoms with Gasteiger partial charge in [-0.05, 0) is 12.1 Å². The van der Waals surface area contributed by atoms with Crippen molar-refractivity contribution in [3.8, 4) is 0 Å². The average Bonchev–Trinajstić information content (AvgIpc) is 2.06. The molecule has 15 heavy (non-hydrogen) atoms. The summed E-state index contributed by atoms with van der Waals surface area (Å²) >= 11 is 19.1. The summed E-state index contributed by atoms with van der Waals surface area (Å²) in [6.45, 7) is 0. The monoisotopic (exact) mass is 322 g/mol. The average molecular weight is 324 g/mol. The van der Waals surface area contributed by atoms with Crippen molar-refractivity contribution < 1.29 is 19.5 Å². The Morgan fingerprint density at radius 2 is 1.27 bits per heavy atom. The Hall–Kier alpha value is 0.0634. The van der Waals surface area contributed by atoms with Crippen molar-refractivity contribution in [2.24, 2.45) is 0 Å². The number of hydrogen-bond donors (Lipinski definition) is 2. The molecule has 1 rings (SSSR count). The van der Waals surface area contributed by atoms with Gasteiger partial charge in [0.2, 0.25) is 0 Å². The van der Waals surface area contributed by atoms with Crippen LogP contribution in [0, 0.1) is 0 Å². The van der Waals surface area contributed by atoms with Crippen LogP contribution in [0.2, 0.25) is 0 Å². The zero-order valence-corrected chi connectivity index (χ0v) is 13.9. The van der Waals surface area contributed by atoms with Gasteiger partial charge in [0.05, 0.1) is 11.4 Å². The van der Waals surface area contributed by atoms with Crippen LogP contribution in [0.25, 0.3) is 0 Å². The van der Waals surface area contributed by atoms with E-state index in [-0.39, 0.29) is 28.1 Å². The second-order valence-electron chi connectivity index (χ2n) is 2.37. The van der Waals surface area contributed by atoms with Gasteiger partial charge in [0.25, 0.3) is 0 Å². The zero-order valence-electron chi connectivity index (χ0n) is 7.65. The number of anilines is 2. The molecular weight excluding hydrogens is 318 g/mol. The topological polar surface area (TPSA) is 24.1 Å². The molecule has 7 heteroatoms. The Labute approximate surface area is 123 Å². The van der Waals surface area contributed by atoms with Gasteiger partial charge in [-0.25, -0.2) is 0 Å².